The molecule has 6 heteroatoms. The van der Waals surface area contributed by atoms with Crippen LogP contribution in [0.25, 0.3) is 23.4 Å². The number of rotatable bonds is 3. The maximum atomic E-state index is 11.9. The summed E-state index contributed by atoms with van der Waals surface area (Å²) in [6, 6.07) is 11.1. The minimum absolute atomic E-state index is 0.0275. The second-order valence-corrected chi connectivity index (χ2v) is 6.89. The Kier molecular flexibility index (Phi) is 4.53. The molecule has 1 aliphatic rings. The van der Waals surface area contributed by atoms with Crippen molar-refractivity contribution in [2.24, 2.45) is 0 Å². The van der Waals surface area contributed by atoms with E-state index in [2.05, 4.69) is 15.3 Å². The van der Waals surface area contributed by atoms with Gasteiger partial charge in [-0.2, -0.15) is 0 Å². The second kappa shape index (κ2) is 6.98. The highest BCUT2D eigenvalue weighted by molar-refractivity contribution is 6.35. The largest absolute Gasteiger partial charge is 0.358 e. The fraction of sp³-hybridized carbons (Fsp3) is 0.100. The van der Waals surface area contributed by atoms with Gasteiger partial charge in [0.2, 0.25) is 0 Å². The van der Waals surface area contributed by atoms with Gasteiger partial charge < -0.3 is 10.3 Å². The minimum atomic E-state index is -0.0275. The number of aromatic nitrogens is 2. The zero-order valence-corrected chi connectivity index (χ0v) is 15.2. The topological polar surface area (TPSA) is 57.8 Å². The quantitative estimate of drug-likeness (QED) is 0.679. The van der Waals surface area contributed by atoms with Crippen LogP contribution in [0.5, 0.6) is 0 Å². The molecule has 0 unspecified atom stereocenters. The summed E-state index contributed by atoms with van der Waals surface area (Å²) in [5.41, 5.74) is 5.25. The highest BCUT2D eigenvalue weighted by Crippen LogP contribution is 2.26. The monoisotopic (exact) mass is 383 g/mol. The van der Waals surface area contributed by atoms with Crippen LogP contribution in [0.2, 0.25) is 10.0 Å². The number of aromatic amines is 1. The first-order valence-electron chi connectivity index (χ1n) is 8.20. The summed E-state index contributed by atoms with van der Waals surface area (Å²) in [7, 11) is 0. The Balaban J connectivity index is 1.63. The van der Waals surface area contributed by atoms with Crippen molar-refractivity contribution >= 4 is 41.3 Å². The van der Waals surface area contributed by atoms with Crippen molar-refractivity contribution in [2.45, 2.75) is 6.42 Å². The van der Waals surface area contributed by atoms with Gasteiger partial charge >= 0.3 is 0 Å². The normalized spacial score (nSPS) is 13.7. The van der Waals surface area contributed by atoms with Crippen LogP contribution in [0.1, 0.15) is 27.3 Å². The van der Waals surface area contributed by atoms with E-state index < -0.39 is 0 Å². The Bertz CT molecular complexity index is 1020. The SMILES string of the molecule is O=C1NCCc2[nH]c(-c3ccnc(/C=C\c4ccc(Cl)cc4Cl)c3)cc21. The molecule has 2 aromatic heterocycles. The van der Waals surface area contributed by atoms with Crippen molar-refractivity contribution < 1.29 is 4.79 Å². The molecule has 0 aliphatic carbocycles. The smallest absolute Gasteiger partial charge is 0.253 e. The number of hydrogen-bond donors (Lipinski definition) is 2. The summed E-state index contributed by atoms with van der Waals surface area (Å²) in [6.07, 6.45) is 6.36. The lowest BCUT2D eigenvalue weighted by Gasteiger charge is -2.10. The van der Waals surface area contributed by atoms with Crippen LogP contribution in [0.3, 0.4) is 0 Å². The van der Waals surface area contributed by atoms with Gasteiger partial charge in [0.25, 0.3) is 5.91 Å². The fourth-order valence-corrected chi connectivity index (χ4v) is 3.44. The first-order valence-corrected chi connectivity index (χ1v) is 8.95. The van der Waals surface area contributed by atoms with Gasteiger partial charge in [-0.15, -0.1) is 0 Å². The van der Waals surface area contributed by atoms with Gasteiger partial charge in [0.15, 0.2) is 0 Å². The Morgan fingerprint density at radius 3 is 2.77 bits per heavy atom. The van der Waals surface area contributed by atoms with E-state index in [1.165, 1.54) is 0 Å². The van der Waals surface area contributed by atoms with Gasteiger partial charge in [0.05, 0.1) is 11.3 Å². The van der Waals surface area contributed by atoms with Gasteiger partial charge in [0.1, 0.15) is 0 Å². The number of fused-ring (bicyclic) bond motifs is 1. The number of carbonyl (C=O) groups excluding carboxylic acids is 1. The molecule has 4 nitrogen and oxygen atoms in total. The number of amides is 1. The average molecular weight is 384 g/mol. The predicted molar refractivity (Wildman–Crippen MR) is 105 cm³/mol. The summed E-state index contributed by atoms with van der Waals surface area (Å²) in [4.78, 5) is 19.7. The molecule has 1 amide bonds. The number of H-pyrrole nitrogens is 1. The molecule has 0 spiro atoms. The van der Waals surface area contributed by atoms with Gasteiger partial charge in [-0.25, -0.2) is 0 Å². The van der Waals surface area contributed by atoms with E-state index in [1.807, 2.05) is 36.4 Å². The zero-order chi connectivity index (χ0) is 18.1. The van der Waals surface area contributed by atoms with Crippen molar-refractivity contribution in [2.75, 3.05) is 6.54 Å². The molecule has 0 radical (unpaired) electrons. The first kappa shape index (κ1) is 16.9. The van der Waals surface area contributed by atoms with E-state index in [4.69, 9.17) is 23.2 Å². The molecule has 0 saturated carbocycles. The van der Waals surface area contributed by atoms with Crippen molar-refractivity contribution in [3.05, 3.63) is 75.2 Å². The number of benzene rings is 1. The number of nitrogens with one attached hydrogen (secondary N) is 2. The maximum Gasteiger partial charge on any atom is 0.253 e. The highest BCUT2D eigenvalue weighted by Gasteiger charge is 2.19. The molecular weight excluding hydrogens is 369 g/mol. The number of nitrogens with zero attached hydrogens (tertiary/aromatic N) is 1. The number of halogens is 2. The second-order valence-electron chi connectivity index (χ2n) is 6.05. The summed E-state index contributed by atoms with van der Waals surface area (Å²) >= 11 is 12.1. The highest BCUT2D eigenvalue weighted by atomic mass is 35.5. The van der Waals surface area contributed by atoms with Crippen LogP contribution < -0.4 is 5.32 Å². The van der Waals surface area contributed by atoms with Crippen molar-refractivity contribution in [3.63, 3.8) is 0 Å². The molecule has 1 aliphatic heterocycles. The third-order valence-electron chi connectivity index (χ3n) is 4.29. The van der Waals surface area contributed by atoms with E-state index in [0.717, 1.165) is 34.6 Å². The molecule has 3 heterocycles. The summed E-state index contributed by atoms with van der Waals surface area (Å²) in [6.45, 7) is 0.665. The van der Waals surface area contributed by atoms with Crippen LogP contribution in [-0.2, 0) is 6.42 Å². The van der Waals surface area contributed by atoms with E-state index in [1.54, 1.807) is 18.3 Å². The molecule has 26 heavy (non-hydrogen) atoms. The van der Waals surface area contributed by atoms with Gasteiger partial charge in [-0.1, -0.05) is 35.3 Å². The summed E-state index contributed by atoms with van der Waals surface area (Å²) in [5, 5.41) is 4.05. The molecule has 2 N–H and O–H groups in total. The predicted octanol–water partition coefficient (Wildman–Crippen LogP) is 4.84. The molecule has 0 atom stereocenters. The number of hydrogen-bond acceptors (Lipinski definition) is 2. The fourth-order valence-electron chi connectivity index (χ4n) is 2.97. The zero-order valence-electron chi connectivity index (χ0n) is 13.7. The van der Waals surface area contributed by atoms with Crippen LogP contribution in [0.4, 0.5) is 0 Å². The first-order chi connectivity index (χ1) is 12.6. The van der Waals surface area contributed by atoms with E-state index in [0.29, 0.717) is 22.2 Å². The van der Waals surface area contributed by atoms with Gasteiger partial charge in [-0.3, -0.25) is 9.78 Å². The molecule has 130 valence electrons. The standard InChI is InChI=1S/C20H15Cl2N3O/c21-14-3-1-12(17(22)10-14)2-4-15-9-13(5-7-23-15)19-11-16-18(25-19)6-8-24-20(16)26/h1-5,7,9-11,25H,6,8H2,(H,24,26)/b4-2-. The Hall–Kier alpha value is -2.56. The van der Waals surface area contributed by atoms with Crippen LogP contribution in [-0.4, -0.2) is 22.4 Å². The Morgan fingerprint density at radius 1 is 1.08 bits per heavy atom. The van der Waals surface area contributed by atoms with Crippen LogP contribution in [0, 0.1) is 0 Å². The molecule has 3 aromatic rings. The lowest BCUT2D eigenvalue weighted by atomic mass is 10.1. The van der Waals surface area contributed by atoms with E-state index >= 15 is 0 Å². The lowest BCUT2D eigenvalue weighted by Crippen LogP contribution is -2.31. The summed E-state index contributed by atoms with van der Waals surface area (Å²) < 4.78 is 0. The number of carbonyl (C=O) groups is 1. The third kappa shape index (κ3) is 3.39. The molecule has 0 saturated heterocycles. The van der Waals surface area contributed by atoms with E-state index in [-0.39, 0.29) is 5.91 Å². The third-order valence-corrected chi connectivity index (χ3v) is 4.86. The van der Waals surface area contributed by atoms with E-state index in [9.17, 15) is 4.79 Å². The molecule has 0 bridgehead atoms. The molecule has 1 aromatic carbocycles. The van der Waals surface area contributed by atoms with Crippen LogP contribution >= 0.6 is 23.2 Å². The number of pyridine rings is 1. The summed E-state index contributed by atoms with van der Waals surface area (Å²) in [5.74, 6) is -0.0275. The van der Waals surface area contributed by atoms with Crippen molar-refractivity contribution in [1.29, 1.82) is 0 Å². The van der Waals surface area contributed by atoms with Gasteiger partial charge in [0, 0.05) is 46.2 Å². The Labute approximate surface area is 160 Å². The molecular formula is C20H15Cl2N3O. The molecule has 4 rings (SSSR count). The van der Waals surface area contributed by atoms with Gasteiger partial charge in [-0.05, 0) is 42.0 Å². The average Bonchev–Trinajstić information content (AvgIpc) is 3.07. The molecule has 0 fully saturated rings. The van der Waals surface area contributed by atoms with Crippen LogP contribution in [0.15, 0.2) is 42.6 Å². The maximum absolute atomic E-state index is 11.9. The lowest BCUT2D eigenvalue weighted by molar-refractivity contribution is 0.0946. The Morgan fingerprint density at radius 2 is 1.96 bits per heavy atom. The van der Waals surface area contributed by atoms with Crippen molar-refractivity contribution in [3.8, 4) is 11.3 Å². The minimum Gasteiger partial charge on any atom is -0.358 e. The van der Waals surface area contributed by atoms with Crippen molar-refractivity contribution in [1.82, 2.24) is 15.3 Å².